The van der Waals surface area contributed by atoms with Gasteiger partial charge < -0.3 is 0 Å². The molecule has 1 aromatic carbocycles. The van der Waals surface area contributed by atoms with Crippen LogP contribution in [0.1, 0.15) is 4.88 Å². The van der Waals surface area contributed by atoms with Crippen molar-refractivity contribution >= 4 is 76.4 Å². The second-order valence-corrected chi connectivity index (χ2v) is 9.81. The van der Waals surface area contributed by atoms with Gasteiger partial charge in [-0.2, -0.15) is 4.31 Å². The third-order valence-corrected chi connectivity index (χ3v) is 7.50. The van der Waals surface area contributed by atoms with E-state index in [4.69, 9.17) is 23.2 Å². The molecule has 1 heterocycles. The van der Waals surface area contributed by atoms with Gasteiger partial charge in [-0.05, 0) is 34.1 Å². The van der Waals surface area contributed by atoms with E-state index in [-0.39, 0.29) is 21.5 Å². The molecule has 0 fully saturated rings. The van der Waals surface area contributed by atoms with Crippen molar-refractivity contribution in [3.8, 4) is 0 Å². The zero-order valence-electron chi connectivity index (χ0n) is 10.6. The minimum absolute atomic E-state index is 0.0767. The first-order chi connectivity index (χ1) is 9.71. The molecular weight excluding hydrogens is 485 g/mol. The second-order valence-electron chi connectivity index (χ2n) is 4.19. The van der Waals surface area contributed by atoms with Crippen LogP contribution in [0.15, 0.2) is 37.4 Å². The Balaban J connectivity index is 2.38. The van der Waals surface area contributed by atoms with Crippen molar-refractivity contribution in [3.63, 3.8) is 0 Å². The summed E-state index contributed by atoms with van der Waals surface area (Å²) in [6, 6.07) is 4.90. The van der Waals surface area contributed by atoms with E-state index in [2.05, 4.69) is 31.9 Å². The normalized spacial score (nSPS) is 12.1. The molecule has 21 heavy (non-hydrogen) atoms. The molecule has 0 spiro atoms. The Morgan fingerprint density at radius 1 is 1.14 bits per heavy atom. The first-order valence-electron chi connectivity index (χ1n) is 5.55. The number of thiophene rings is 1. The highest BCUT2D eigenvalue weighted by Gasteiger charge is 2.27. The summed E-state index contributed by atoms with van der Waals surface area (Å²) in [6.07, 6.45) is 0. The van der Waals surface area contributed by atoms with Crippen LogP contribution >= 0.6 is 66.4 Å². The first kappa shape index (κ1) is 17.7. The fraction of sp³-hybridized carbons (Fsp3) is 0.167. The summed E-state index contributed by atoms with van der Waals surface area (Å²) in [5.41, 5.74) is 0. The van der Waals surface area contributed by atoms with Crippen molar-refractivity contribution in [1.29, 1.82) is 0 Å². The number of nitrogens with zero attached hydrogens (tertiary/aromatic N) is 1. The summed E-state index contributed by atoms with van der Waals surface area (Å²) in [7, 11) is -2.27. The molecule has 0 aliphatic heterocycles. The van der Waals surface area contributed by atoms with Crippen molar-refractivity contribution in [2.75, 3.05) is 7.05 Å². The predicted octanol–water partition coefficient (Wildman–Crippen LogP) is 5.40. The molecular formula is C12H9Br2Cl2NO2S2. The van der Waals surface area contributed by atoms with Gasteiger partial charge in [0.1, 0.15) is 4.90 Å². The van der Waals surface area contributed by atoms with Crippen LogP contribution in [0.4, 0.5) is 0 Å². The average Bonchev–Trinajstić information content (AvgIpc) is 2.72. The molecule has 0 bridgehead atoms. The van der Waals surface area contributed by atoms with Crippen molar-refractivity contribution in [3.05, 3.63) is 47.4 Å². The number of hydrogen-bond acceptors (Lipinski definition) is 3. The highest BCUT2D eigenvalue weighted by Crippen LogP contribution is 2.35. The first-order valence-corrected chi connectivity index (χ1v) is 10.2. The topological polar surface area (TPSA) is 37.4 Å². The summed E-state index contributed by atoms with van der Waals surface area (Å²) in [5.74, 6) is 0. The molecule has 1 aromatic heterocycles. The van der Waals surface area contributed by atoms with Crippen LogP contribution in [0.25, 0.3) is 0 Å². The summed E-state index contributed by atoms with van der Waals surface area (Å²) < 4.78 is 28.0. The lowest BCUT2D eigenvalue weighted by molar-refractivity contribution is 0.469. The van der Waals surface area contributed by atoms with E-state index in [0.717, 1.165) is 9.35 Å². The van der Waals surface area contributed by atoms with Crippen LogP contribution in [-0.2, 0) is 16.6 Å². The highest BCUT2D eigenvalue weighted by molar-refractivity contribution is 9.10. The maximum atomic E-state index is 12.6. The quantitative estimate of drug-likeness (QED) is 0.571. The number of rotatable bonds is 4. The van der Waals surface area contributed by atoms with Crippen LogP contribution in [-0.4, -0.2) is 19.8 Å². The largest absolute Gasteiger partial charge is 0.246 e. The highest BCUT2D eigenvalue weighted by atomic mass is 79.9. The second kappa shape index (κ2) is 6.86. The Kier molecular flexibility index (Phi) is 5.79. The molecule has 9 heteroatoms. The summed E-state index contributed by atoms with van der Waals surface area (Å²) in [5, 5.41) is 2.08. The van der Waals surface area contributed by atoms with E-state index in [0.29, 0.717) is 4.47 Å². The van der Waals surface area contributed by atoms with Gasteiger partial charge >= 0.3 is 0 Å². The Hall–Kier alpha value is 0.370. The van der Waals surface area contributed by atoms with Gasteiger partial charge in [0.15, 0.2) is 0 Å². The standard InChI is InChI=1S/C12H9Br2Cl2NO2S2/c1-17(5-9-2-8(14)6-20-9)21(18,19)12-10(15)3-7(13)4-11(12)16/h2-4,6H,5H2,1H3. The zero-order valence-corrected chi connectivity index (χ0v) is 16.9. The van der Waals surface area contributed by atoms with E-state index in [1.807, 2.05) is 11.4 Å². The smallest absolute Gasteiger partial charge is 0.207 e. The number of hydrogen-bond donors (Lipinski definition) is 0. The van der Waals surface area contributed by atoms with Crippen molar-refractivity contribution in [1.82, 2.24) is 4.31 Å². The summed E-state index contributed by atoms with van der Waals surface area (Å²) >= 11 is 20.1. The van der Waals surface area contributed by atoms with E-state index in [1.165, 1.54) is 34.8 Å². The third kappa shape index (κ3) is 4.02. The van der Waals surface area contributed by atoms with Crippen LogP contribution in [0.5, 0.6) is 0 Å². The van der Waals surface area contributed by atoms with Crippen LogP contribution in [0.2, 0.25) is 10.0 Å². The number of benzene rings is 1. The van der Waals surface area contributed by atoms with Gasteiger partial charge in [0, 0.05) is 32.8 Å². The van der Waals surface area contributed by atoms with Gasteiger partial charge in [-0.15, -0.1) is 11.3 Å². The Morgan fingerprint density at radius 2 is 1.71 bits per heavy atom. The van der Waals surface area contributed by atoms with Gasteiger partial charge in [0.2, 0.25) is 10.0 Å². The molecule has 2 rings (SSSR count). The zero-order chi connectivity index (χ0) is 15.8. The molecule has 0 N–H and O–H groups in total. The number of sulfonamides is 1. The minimum atomic E-state index is -3.77. The maximum Gasteiger partial charge on any atom is 0.246 e. The summed E-state index contributed by atoms with van der Waals surface area (Å²) in [4.78, 5) is 0.837. The Bertz CT molecular complexity index is 754. The van der Waals surface area contributed by atoms with E-state index in [9.17, 15) is 8.42 Å². The molecule has 0 atom stereocenters. The monoisotopic (exact) mass is 491 g/mol. The molecule has 2 aromatic rings. The summed E-state index contributed by atoms with van der Waals surface area (Å²) in [6.45, 7) is 0.251. The van der Waals surface area contributed by atoms with Crippen LogP contribution in [0, 0.1) is 0 Å². The third-order valence-electron chi connectivity index (χ3n) is 2.63. The minimum Gasteiger partial charge on any atom is -0.207 e. The fourth-order valence-electron chi connectivity index (χ4n) is 1.67. The van der Waals surface area contributed by atoms with Gasteiger partial charge in [-0.3, -0.25) is 0 Å². The van der Waals surface area contributed by atoms with E-state index >= 15 is 0 Å². The molecule has 114 valence electrons. The van der Waals surface area contributed by atoms with Gasteiger partial charge in [0.05, 0.1) is 10.0 Å². The lowest BCUT2D eigenvalue weighted by Crippen LogP contribution is -2.26. The van der Waals surface area contributed by atoms with Gasteiger partial charge in [0.25, 0.3) is 0 Å². The molecule has 0 aliphatic rings. The van der Waals surface area contributed by atoms with Crippen LogP contribution in [0.3, 0.4) is 0 Å². The molecule has 0 saturated heterocycles. The van der Waals surface area contributed by atoms with Crippen molar-refractivity contribution in [2.45, 2.75) is 11.4 Å². The number of halogens is 4. The maximum absolute atomic E-state index is 12.6. The van der Waals surface area contributed by atoms with Crippen LogP contribution < -0.4 is 0 Å². The van der Waals surface area contributed by atoms with Crippen molar-refractivity contribution in [2.24, 2.45) is 0 Å². The lowest BCUT2D eigenvalue weighted by Gasteiger charge is -2.18. The fourth-order valence-corrected chi connectivity index (χ4v) is 6.28. The van der Waals surface area contributed by atoms with E-state index in [1.54, 1.807) is 0 Å². The lowest BCUT2D eigenvalue weighted by atomic mass is 10.4. The Morgan fingerprint density at radius 3 is 2.19 bits per heavy atom. The molecule has 0 amide bonds. The predicted molar refractivity (Wildman–Crippen MR) is 94.8 cm³/mol. The van der Waals surface area contributed by atoms with E-state index < -0.39 is 10.0 Å². The molecule has 0 radical (unpaired) electrons. The molecule has 3 nitrogen and oxygen atoms in total. The van der Waals surface area contributed by atoms with Gasteiger partial charge in [-0.1, -0.05) is 39.1 Å². The molecule has 0 saturated carbocycles. The molecule has 0 aliphatic carbocycles. The Labute approximate surface area is 154 Å². The van der Waals surface area contributed by atoms with Gasteiger partial charge in [-0.25, -0.2) is 8.42 Å². The van der Waals surface area contributed by atoms with Crippen molar-refractivity contribution < 1.29 is 8.42 Å². The SMILES string of the molecule is CN(Cc1cc(Br)cs1)S(=O)(=O)c1c(Cl)cc(Br)cc1Cl. The molecule has 0 unspecified atom stereocenters. The average molecular weight is 494 g/mol.